The summed E-state index contributed by atoms with van der Waals surface area (Å²) in [6, 6.07) is 0. The van der Waals surface area contributed by atoms with E-state index in [0.29, 0.717) is 6.61 Å². The van der Waals surface area contributed by atoms with E-state index in [-0.39, 0.29) is 10.8 Å². The highest BCUT2D eigenvalue weighted by atomic mass is 79.9. The summed E-state index contributed by atoms with van der Waals surface area (Å²) in [5, 5.41) is 0. The first kappa shape index (κ1) is 14.0. The Kier molecular flexibility index (Phi) is 7.10. The summed E-state index contributed by atoms with van der Waals surface area (Å²) in [7, 11) is 0. The van der Waals surface area contributed by atoms with Crippen LogP contribution >= 0.6 is 15.9 Å². The van der Waals surface area contributed by atoms with Gasteiger partial charge in [-0.25, -0.2) is 0 Å². The molecule has 1 saturated carbocycles. The van der Waals surface area contributed by atoms with E-state index in [9.17, 15) is 4.79 Å². The molecule has 0 aromatic heterocycles. The Morgan fingerprint density at radius 2 is 2.06 bits per heavy atom. The fourth-order valence-corrected chi connectivity index (χ4v) is 2.85. The van der Waals surface area contributed by atoms with Crippen molar-refractivity contribution >= 4 is 21.9 Å². The zero-order valence-corrected chi connectivity index (χ0v) is 11.8. The van der Waals surface area contributed by atoms with Gasteiger partial charge in [0.2, 0.25) is 0 Å². The zero-order valence-electron chi connectivity index (χ0n) is 10.2. The van der Waals surface area contributed by atoms with Crippen molar-refractivity contribution < 1.29 is 9.53 Å². The number of hydrogen-bond acceptors (Lipinski definition) is 2. The molecule has 0 spiro atoms. The molecule has 16 heavy (non-hydrogen) atoms. The van der Waals surface area contributed by atoms with Crippen molar-refractivity contribution in [3.05, 3.63) is 0 Å². The highest BCUT2D eigenvalue weighted by molar-refractivity contribution is 9.10. The molecule has 1 aliphatic carbocycles. The second kappa shape index (κ2) is 8.10. The summed E-state index contributed by atoms with van der Waals surface area (Å²) < 4.78 is 5.27. The highest BCUT2D eigenvalue weighted by Crippen LogP contribution is 2.26. The maximum Gasteiger partial charge on any atom is 0.319 e. The minimum Gasteiger partial charge on any atom is -0.465 e. The topological polar surface area (TPSA) is 26.3 Å². The number of alkyl halides is 1. The predicted molar refractivity (Wildman–Crippen MR) is 69.8 cm³/mol. The van der Waals surface area contributed by atoms with Crippen LogP contribution in [0.15, 0.2) is 0 Å². The molecule has 0 aromatic rings. The maximum absolute atomic E-state index is 11.5. The second-order valence-corrected chi connectivity index (χ2v) is 5.82. The van der Waals surface area contributed by atoms with E-state index in [1.54, 1.807) is 0 Å². The molecular weight excluding hydrogens is 268 g/mol. The SMILES string of the molecule is CCCC(Br)C(=O)OCCC1CCCCC1. The summed E-state index contributed by atoms with van der Waals surface area (Å²) in [5.41, 5.74) is 0. The van der Waals surface area contributed by atoms with Crippen LogP contribution in [-0.4, -0.2) is 17.4 Å². The van der Waals surface area contributed by atoms with Crippen LogP contribution in [0.4, 0.5) is 0 Å². The molecule has 0 heterocycles. The van der Waals surface area contributed by atoms with Crippen molar-refractivity contribution in [3.8, 4) is 0 Å². The van der Waals surface area contributed by atoms with Crippen LogP contribution in [0.25, 0.3) is 0 Å². The number of rotatable bonds is 6. The lowest BCUT2D eigenvalue weighted by Gasteiger charge is -2.21. The van der Waals surface area contributed by atoms with E-state index in [1.807, 2.05) is 0 Å². The van der Waals surface area contributed by atoms with Crippen molar-refractivity contribution in [3.63, 3.8) is 0 Å². The number of esters is 1. The number of ether oxygens (including phenoxy) is 1. The molecule has 0 N–H and O–H groups in total. The van der Waals surface area contributed by atoms with Gasteiger partial charge in [-0.2, -0.15) is 0 Å². The summed E-state index contributed by atoms with van der Waals surface area (Å²) in [6.07, 6.45) is 9.67. The van der Waals surface area contributed by atoms with Gasteiger partial charge in [0.15, 0.2) is 0 Å². The Balaban J connectivity index is 2.07. The number of carbonyl (C=O) groups excluding carboxylic acids is 1. The quantitative estimate of drug-likeness (QED) is 0.545. The molecule has 0 aliphatic heterocycles. The molecular formula is C13H23BrO2. The minimum atomic E-state index is -0.108. The lowest BCUT2D eigenvalue weighted by Crippen LogP contribution is -2.19. The highest BCUT2D eigenvalue weighted by Gasteiger charge is 2.17. The Morgan fingerprint density at radius 1 is 1.38 bits per heavy atom. The number of carbonyl (C=O) groups is 1. The lowest BCUT2D eigenvalue weighted by molar-refractivity contribution is -0.143. The lowest BCUT2D eigenvalue weighted by atomic mass is 9.87. The Labute approximate surface area is 107 Å². The third kappa shape index (κ3) is 5.33. The molecule has 0 amide bonds. The van der Waals surface area contributed by atoms with Gasteiger partial charge in [-0.15, -0.1) is 0 Å². The molecule has 0 radical (unpaired) electrons. The van der Waals surface area contributed by atoms with Crippen LogP contribution in [0, 0.1) is 5.92 Å². The van der Waals surface area contributed by atoms with E-state index >= 15 is 0 Å². The molecule has 1 aliphatic rings. The minimum absolute atomic E-state index is 0.0855. The Morgan fingerprint density at radius 3 is 2.69 bits per heavy atom. The van der Waals surface area contributed by atoms with Gasteiger partial charge in [0, 0.05) is 0 Å². The van der Waals surface area contributed by atoms with Gasteiger partial charge in [-0.1, -0.05) is 61.4 Å². The van der Waals surface area contributed by atoms with E-state index in [0.717, 1.165) is 25.2 Å². The normalized spacial score (nSPS) is 19.4. The molecule has 2 nitrogen and oxygen atoms in total. The number of halogens is 1. The first-order valence-corrected chi connectivity index (χ1v) is 7.46. The smallest absolute Gasteiger partial charge is 0.319 e. The van der Waals surface area contributed by atoms with Gasteiger partial charge in [-0.05, 0) is 18.8 Å². The molecule has 0 saturated heterocycles. The molecule has 1 unspecified atom stereocenters. The van der Waals surface area contributed by atoms with Crippen LogP contribution in [0.2, 0.25) is 0 Å². The molecule has 1 rings (SSSR count). The zero-order chi connectivity index (χ0) is 11.8. The first-order chi connectivity index (χ1) is 7.74. The van der Waals surface area contributed by atoms with Gasteiger partial charge in [-0.3, -0.25) is 4.79 Å². The van der Waals surface area contributed by atoms with E-state index in [1.165, 1.54) is 32.1 Å². The summed E-state index contributed by atoms with van der Waals surface area (Å²) in [6.45, 7) is 2.68. The molecule has 94 valence electrons. The van der Waals surface area contributed by atoms with Crippen molar-refractivity contribution in [1.82, 2.24) is 0 Å². The molecule has 3 heteroatoms. The van der Waals surface area contributed by atoms with Crippen LogP contribution in [-0.2, 0) is 9.53 Å². The van der Waals surface area contributed by atoms with E-state index < -0.39 is 0 Å². The Bertz CT molecular complexity index is 200. The predicted octanol–water partition coefficient (Wildman–Crippen LogP) is 4.06. The monoisotopic (exact) mass is 290 g/mol. The third-order valence-electron chi connectivity index (χ3n) is 3.29. The summed E-state index contributed by atoms with van der Waals surface area (Å²) >= 11 is 3.36. The molecule has 0 aromatic carbocycles. The van der Waals surface area contributed by atoms with Gasteiger partial charge in [0.1, 0.15) is 4.83 Å². The van der Waals surface area contributed by atoms with Crippen molar-refractivity contribution in [2.75, 3.05) is 6.61 Å². The van der Waals surface area contributed by atoms with Gasteiger partial charge in [0.25, 0.3) is 0 Å². The van der Waals surface area contributed by atoms with Crippen LogP contribution in [0.1, 0.15) is 58.3 Å². The fraction of sp³-hybridized carbons (Fsp3) is 0.923. The third-order valence-corrected chi connectivity index (χ3v) is 4.12. The first-order valence-electron chi connectivity index (χ1n) is 6.54. The van der Waals surface area contributed by atoms with Gasteiger partial charge in [0.05, 0.1) is 6.61 Å². The van der Waals surface area contributed by atoms with Crippen LogP contribution in [0.5, 0.6) is 0 Å². The van der Waals surface area contributed by atoms with Crippen LogP contribution in [0.3, 0.4) is 0 Å². The Hall–Kier alpha value is -0.0500. The summed E-state index contributed by atoms with van der Waals surface area (Å²) in [5.74, 6) is 0.708. The molecule has 1 fully saturated rings. The largest absolute Gasteiger partial charge is 0.465 e. The van der Waals surface area contributed by atoms with Crippen molar-refractivity contribution in [2.24, 2.45) is 5.92 Å². The van der Waals surface area contributed by atoms with E-state index in [4.69, 9.17) is 4.74 Å². The maximum atomic E-state index is 11.5. The molecule has 0 bridgehead atoms. The van der Waals surface area contributed by atoms with Crippen LogP contribution < -0.4 is 0 Å². The average molecular weight is 291 g/mol. The van der Waals surface area contributed by atoms with Gasteiger partial charge < -0.3 is 4.74 Å². The summed E-state index contributed by atoms with van der Waals surface area (Å²) in [4.78, 5) is 11.4. The number of hydrogen-bond donors (Lipinski definition) is 0. The van der Waals surface area contributed by atoms with Crippen molar-refractivity contribution in [1.29, 1.82) is 0 Å². The second-order valence-electron chi connectivity index (χ2n) is 4.72. The standard InChI is InChI=1S/C13H23BrO2/c1-2-6-12(14)13(15)16-10-9-11-7-4-3-5-8-11/h11-12H,2-10H2,1H3. The van der Waals surface area contributed by atoms with Crippen molar-refractivity contribution in [2.45, 2.75) is 63.1 Å². The molecule has 1 atom stereocenters. The fourth-order valence-electron chi connectivity index (χ4n) is 2.26. The van der Waals surface area contributed by atoms with Gasteiger partial charge >= 0.3 is 5.97 Å². The van der Waals surface area contributed by atoms with E-state index in [2.05, 4.69) is 22.9 Å². The average Bonchev–Trinajstić information content (AvgIpc) is 2.30.